The molecule has 0 aromatic heterocycles. The predicted octanol–water partition coefficient (Wildman–Crippen LogP) is 1.90. The van der Waals surface area contributed by atoms with Gasteiger partial charge >= 0.3 is 6.09 Å². The molecule has 0 bridgehead atoms. The number of allylic oxidation sites excluding steroid dienone is 3. The standard InChI is InChI=1S/C9H12N2O2/c1-3-13-9(12)11-6-4-5-8(2)7-10-11/h4-7H,3H2,1-2H3. The average molecular weight is 180 g/mol. The highest BCUT2D eigenvalue weighted by Crippen LogP contribution is 2.02. The van der Waals surface area contributed by atoms with Crippen LogP contribution in [0.5, 0.6) is 0 Å². The maximum atomic E-state index is 11.2. The summed E-state index contributed by atoms with van der Waals surface area (Å²) in [7, 11) is 0. The molecular formula is C9H12N2O2. The van der Waals surface area contributed by atoms with Crippen molar-refractivity contribution < 1.29 is 9.53 Å². The predicted molar refractivity (Wildman–Crippen MR) is 50.3 cm³/mol. The maximum Gasteiger partial charge on any atom is 0.434 e. The topological polar surface area (TPSA) is 41.9 Å². The smallest absolute Gasteiger partial charge is 0.434 e. The number of amides is 1. The van der Waals surface area contributed by atoms with Crippen LogP contribution in [-0.2, 0) is 4.74 Å². The molecular weight excluding hydrogens is 168 g/mol. The Morgan fingerprint density at radius 1 is 1.69 bits per heavy atom. The van der Waals surface area contributed by atoms with Crippen LogP contribution in [0.25, 0.3) is 0 Å². The Kier molecular flexibility index (Phi) is 3.25. The third-order valence-corrected chi connectivity index (χ3v) is 1.43. The molecule has 0 N–H and O–H groups in total. The first-order chi connectivity index (χ1) is 6.24. The largest absolute Gasteiger partial charge is 0.448 e. The second-order valence-corrected chi connectivity index (χ2v) is 2.54. The normalized spacial score (nSPS) is 15.2. The first kappa shape index (κ1) is 9.51. The van der Waals surface area contributed by atoms with Gasteiger partial charge in [-0.25, -0.2) is 4.79 Å². The maximum absolute atomic E-state index is 11.2. The van der Waals surface area contributed by atoms with E-state index in [-0.39, 0.29) is 0 Å². The average Bonchev–Trinajstić information content (AvgIpc) is 2.30. The minimum absolute atomic E-state index is 0.352. The molecule has 0 saturated heterocycles. The van der Waals surface area contributed by atoms with Gasteiger partial charge in [0.15, 0.2) is 0 Å². The van der Waals surface area contributed by atoms with Crippen LogP contribution in [0.4, 0.5) is 4.79 Å². The fraction of sp³-hybridized carbons (Fsp3) is 0.333. The van der Waals surface area contributed by atoms with Gasteiger partial charge in [0.05, 0.1) is 12.8 Å². The van der Waals surface area contributed by atoms with Gasteiger partial charge in [-0.05, 0) is 25.5 Å². The first-order valence-electron chi connectivity index (χ1n) is 4.09. The van der Waals surface area contributed by atoms with Gasteiger partial charge in [-0.1, -0.05) is 6.08 Å². The lowest BCUT2D eigenvalue weighted by Gasteiger charge is -2.09. The van der Waals surface area contributed by atoms with Gasteiger partial charge in [-0.2, -0.15) is 10.1 Å². The van der Waals surface area contributed by atoms with Crippen molar-refractivity contribution in [1.29, 1.82) is 0 Å². The monoisotopic (exact) mass is 180 g/mol. The molecule has 4 heteroatoms. The third kappa shape index (κ3) is 2.74. The van der Waals surface area contributed by atoms with Crippen molar-refractivity contribution >= 4 is 12.3 Å². The number of carbonyl (C=O) groups is 1. The van der Waals surface area contributed by atoms with E-state index in [2.05, 4.69) is 5.10 Å². The number of hydrogen-bond acceptors (Lipinski definition) is 3. The summed E-state index contributed by atoms with van der Waals surface area (Å²) in [5, 5.41) is 5.06. The Hall–Kier alpha value is -1.58. The number of ether oxygens (including phenoxy) is 1. The van der Waals surface area contributed by atoms with E-state index in [1.165, 1.54) is 0 Å². The van der Waals surface area contributed by atoms with E-state index < -0.39 is 6.09 Å². The lowest BCUT2D eigenvalue weighted by Crippen LogP contribution is -2.20. The van der Waals surface area contributed by atoms with E-state index in [4.69, 9.17) is 4.74 Å². The summed E-state index contributed by atoms with van der Waals surface area (Å²) < 4.78 is 4.77. The van der Waals surface area contributed by atoms with Crippen molar-refractivity contribution in [2.75, 3.05) is 6.61 Å². The number of hydrogen-bond donors (Lipinski definition) is 0. The SMILES string of the molecule is CCOC(=O)N1C=CC=C(C)C=N1. The van der Waals surface area contributed by atoms with Gasteiger partial charge in [0.1, 0.15) is 0 Å². The van der Waals surface area contributed by atoms with Crippen LogP contribution in [0.2, 0.25) is 0 Å². The van der Waals surface area contributed by atoms with Crippen LogP contribution in [-0.4, -0.2) is 23.9 Å². The highest BCUT2D eigenvalue weighted by Gasteiger charge is 2.09. The molecule has 0 aromatic carbocycles. The van der Waals surface area contributed by atoms with Crippen LogP contribution >= 0.6 is 0 Å². The highest BCUT2D eigenvalue weighted by molar-refractivity contribution is 5.80. The van der Waals surface area contributed by atoms with E-state index in [0.29, 0.717) is 6.61 Å². The Morgan fingerprint density at radius 3 is 3.15 bits per heavy atom. The zero-order valence-electron chi connectivity index (χ0n) is 7.73. The molecule has 0 aromatic rings. The van der Waals surface area contributed by atoms with Gasteiger partial charge < -0.3 is 4.74 Å². The summed E-state index contributed by atoms with van der Waals surface area (Å²) in [5.74, 6) is 0. The highest BCUT2D eigenvalue weighted by atomic mass is 16.6. The van der Waals surface area contributed by atoms with E-state index in [0.717, 1.165) is 10.6 Å². The third-order valence-electron chi connectivity index (χ3n) is 1.43. The van der Waals surface area contributed by atoms with Crippen LogP contribution in [0.1, 0.15) is 13.8 Å². The van der Waals surface area contributed by atoms with E-state index in [9.17, 15) is 4.79 Å². The molecule has 0 atom stereocenters. The number of rotatable bonds is 1. The summed E-state index contributed by atoms with van der Waals surface area (Å²) in [6, 6.07) is 0. The molecule has 1 rings (SSSR count). The summed E-state index contributed by atoms with van der Waals surface area (Å²) >= 11 is 0. The van der Waals surface area contributed by atoms with Crippen LogP contribution in [0.3, 0.4) is 0 Å². The van der Waals surface area contributed by atoms with Crippen LogP contribution in [0.15, 0.2) is 29.0 Å². The minimum Gasteiger partial charge on any atom is -0.448 e. The lowest BCUT2D eigenvalue weighted by molar-refractivity contribution is 0.123. The van der Waals surface area contributed by atoms with Gasteiger partial charge in [-0.15, -0.1) is 0 Å². The molecule has 0 radical (unpaired) electrons. The summed E-state index contributed by atoms with van der Waals surface area (Å²) in [5.41, 5.74) is 0.989. The summed E-state index contributed by atoms with van der Waals surface area (Å²) in [4.78, 5) is 11.2. The Balaban J connectivity index is 2.64. The van der Waals surface area contributed by atoms with Gasteiger partial charge in [0.25, 0.3) is 0 Å². The molecule has 0 spiro atoms. The van der Waals surface area contributed by atoms with E-state index in [1.54, 1.807) is 25.4 Å². The number of carbonyl (C=O) groups excluding carboxylic acids is 1. The van der Waals surface area contributed by atoms with Gasteiger partial charge in [-0.3, -0.25) is 0 Å². The molecule has 0 fully saturated rings. The van der Waals surface area contributed by atoms with Crippen molar-refractivity contribution in [2.45, 2.75) is 13.8 Å². The van der Waals surface area contributed by atoms with Crippen molar-refractivity contribution in [3.05, 3.63) is 23.9 Å². The Labute approximate surface area is 77.2 Å². The molecule has 0 aliphatic carbocycles. The van der Waals surface area contributed by atoms with Gasteiger partial charge in [0.2, 0.25) is 0 Å². The number of nitrogens with zero attached hydrogens (tertiary/aromatic N) is 2. The van der Waals surface area contributed by atoms with Crippen LogP contribution < -0.4 is 0 Å². The van der Waals surface area contributed by atoms with E-state index >= 15 is 0 Å². The zero-order valence-corrected chi connectivity index (χ0v) is 7.73. The molecule has 70 valence electrons. The van der Waals surface area contributed by atoms with Crippen molar-refractivity contribution in [2.24, 2.45) is 5.10 Å². The molecule has 1 aliphatic rings. The molecule has 4 nitrogen and oxygen atoms in total. The Morgan fingerprint density at radius 2 is 2.46 bits per heavy atom. The van der Waals surface area contributed by atoms with E-state index in [1.807, 2.05) is 13.0 Å². The fourth-order valence-corrected chi connectivity index (χ4v) is 0.809. The first-order valence-corrected chi connectivity index (χ1v) is 4.09. The second kappa shape index (κ2) is 4.45. The molecule has 13 heavy (non-hydrogen) atoms. The molecule has 1 aliphatic heterocycles. The summed E-state index contributed by atoms with van der Waals surface area (Å²) in [6.07, 6.45) is 6.32. The van der Waals surface area contributed by atoms with Gasteiger partial charge in [0, 0.05) is 6.20 Å². The molecule has 0 unspecified atom stereocenters. The Bertz CT molecular complexity index is 279. The quantitative estimate of drug-likeness (QED) is 0.618. The van der Waals surface area contributed by atoms with Crippen LogP contribution in [0, 0.1) is 0 Å². The second-order valence-electron chi connectivity index (χ2n) is 2.54. The van der Waals surface area contributed by atoms with Crippen molar-refractivity contribution in [1.82, 2.24) is 5.01 Å². The summed E-state index contributed by atoms with van der Waals surface area (Å²) in [6.45, 7) is 4.01. The molecule has 1 heterocycles. The van der Waals surface area contributed by atoms with Crippen molar-refractivity contribution in [3.63, 3.8) is 0 Å². The molecule has 1 amide bonds. The van der Waals surface area contributed by atoms with Crippen molar-refractivity contribution in [3.8, 4) is 0 Å². The minimum atomic E-state index is -0.460. The lowest BCUT2D eigenvalue weighted by atomic mass is 10.3. The molecule has 0 saturated carbocycles. The number of hydrazone groups is 1. The fourth-order valence-electron chi connectivity index (χ4n) is 0.809. The zero-order chi connectivity index (χ0) is 9.68.